The molecule has 120 valence electrons. The van der Waals surface area contributed by atoms with Gasteiger partial charge in [-0.3, -0.25) is 0 Å². The summed E-state index contributed by atoms with van der Waals surface area (Å²) in [6.07, 6.45) is 2.66. The van der Waals surface area contributed by atoms with Gasteiger partial charge in [-0.1, -0.05) is 40.5 Å². The van der Waals surface area contributed by atoms with Crippen molar-refractivity contribution in [1.82, 2.24) is 0 Å². The molecule has 0 radical (unpaired) electrons. The molecule has 0 amide bonds. The van der Waals surface area contributed by atoms with Gasteiger partial charge < -0.3 is 9.90 Å². The van der Waals surface area contributed by atoms with E-state index in [9.17, 15) is 9.90 Å². The lowest BCUT2D eigenvalue weighted by Gasteiger charge is -2.33. The minimum Gasteiger partial charge on any atom is -0.550 e. The SMILES string of the molecule is CCCCC(C(=O)[O-])C(C)OOC(C)(C)CC(C)(C)C. The fourth-order valence-corrected chi connectivity index (χ4v) is 2.55. The number of carboxylic acid groups (broad SMARTS) is 1. The van der Waals surface area contributed by atoms with Crippen LogP contribution in [-0.2, 0) is 14.6 Å². The van der Waals surface area contributed by atoms with Crippen molar-refractivity contribution in [3.8, 4) is 0 Å². The Labute approximate surface area is 123 Å². The molecule has 0 aromatic carbocycles. The third kappa shape index (κ3) is 8.54. The minimum absolute atomic E-state index is 0.117. The molecule has 2 atom stereocenters. The van der Waals surface area contributed by atoms with E-state index in [2.05, 4.69) is 20.8 Å². The largest absolute Gasteiger partial charge is 0.550 e. The Kier molecular flexibility index (Phi) is 7.74. The highest BCUT2D eigenvalue weighted by molar-refractivity contribution is 5.68. The van der Waals surface area contributed by atoms with Crippen LogP contribution in [0.3, 0.4) is 0 Å². The number of hydrogen-bond donors (Lipinski definition) is 0. The average Bonchev–Trinajstić information content (AvgIpc) is 2.23. The van der Waals surface area contributed by atoms with Gasteiger partial charge in [-0.2, -0.15) is 0 Å². The predicted molar refractivity (Wildman–Crippen MR) is 77.8 cm³/mol. The molecule has 0 aromatic rings. The van der Waals surface area contributed by atoms with E-state index in [0.717, 1.165) is 19.3 Å². The number of carbonyl (C=O) groups excluding carboxylic acids is 1. The van der Waals surface area contributed by atoms with Gasteiger partial charge in [0.25, 0.3) is 0 Å². The number of unbranched alkanes of at least 4 members (excludes halogenated alkanes) is 1. The van der Waals surface area contributed by atoms with Crippen molar-refractivity contribution in [1.29, 1.82) is 0 Å². The second kappa shape index (κ2) is 7.99. The van der Waals surface area contributed by atoms with Crippen LogP contribution in [-0.4, -0.2) is 17.7 Å². The van der Waals surface area contributed by atoms with Crippen molar-refractivity contribution in [2.75, 3.05) is 0 Å². The first-order valence-corrected chi connectivity index (χ1v) is 7.54. The number of carboxylic acids is 1. The maximum absolute atomic E-state index is 11.2. The fourth-order valence-electron chi connectivity index (χ4n) is 2.55. The lowest BCUT2D eigenvalue weighted by atomic mass is 9.84. The monoisotopic (exact) mass is 287 g/mol. The van der Waals surface area contributed by atoms with Crippen LogP contribution < -0.4 is 5.11 Å². The van der Waals surface area contributed by atoms with E-state index in [0.29, 0.717) is 6.42 Å². The Balaban J connectivity index is 4.42. The van der Waals surface area contributed by atoms with E-state index in [1.807, 2.05) is 20.8 Å². The summed E-state index contributed by atoms with van der Waals surface area (Å²) >= 11 is 0. The smallest absolute Gasteiger partial charge is 0.0985 e. The van der Waals surface area contributed by atoms with Gasteiger partial charge in [0, 0.05) is 11.9 Å². The lowest BCUT2D eigenvalue weighted by molar-refractivity contribution is -0.390. The van der Waals surface area contributed by atoms with Gasteiger partial charge in [-0.15, -0.1) is 0 Å². The summed E-state index contributed by atoms with van der Waals surface area (Å²) in [5.74, 6) is -1.69. The molecule has 0 bridgehead atoms. The number of rotatable bonds is 9. The molecule has 4 heteroatoms. The zero-order valence-corrected chi connectivity index (χ0v) is 14.1. The Morgan fingerprint density at radius 1 is 1.20 bits per heavy atom. The predicted octanol–water partition coefficient (Wildman–Crippen LogP) is 3.09. The number of aliphatic carboxylic acids is 1. The van der Waals surface area contributed by atoms with Crippen LogP contribution in [0.1, 0.15) is 74.1 Å². The highest BCUT2D eigenvalue weighted by Crippen LogP contribution is 2.30. The molecule has 0 heterocycles. The molecular formula is C16H31O4-. The molecule has 0 saturated heterocycles. The van der Waals surface area contributed by atoms with Crippen LogP contribution in [0.4, 0.5) is 0 Å². The summed E-state index contributed by atoms with van der Waals surface area (Å²) in [5.41, 5.74) is -0.334. The second-order valence-electron chi connectivity index (χ2n) is 7.45. The van der Waals surface area contributed by atoms with E-state index in [1.54, 1.807) is 6.92 Å². The van der Waals surface area contributed by atoms with E-state index < -0.39 is 23.6 Å². The topological polar surface area (TPSA) is 58.6 Å². The van der Waals surface area contributed by atoms with Crippen LogP contribution in [0.15, 0.2) is 0 Å². The Morgan fingerprint density at radius 3 is 2.15 bits per heavy atom. The molecule has 0 aromatic heterocycles. The zero-order valence-electron chi connectivity index (χ0n) is 14.1. The van der Waals surface area contributed by atoms with Gasteiger partial charge in [0.1, 0.15) is 0 Å². The maximum atomic E-state index is 11.2. The fraction of sp³-hybridized carbons (Fsp3) is 0.938. The van der Waals surface area contributed by atoms with Crippen molar-refractivity contribution in [3.63, 3.8) is 0 Å². The maximum Gasteiger partial charge on any atom is 0.0985 e. The third-order valence-corrected chi connectivity index (χ3v) is 3.12. The van der Waals surface area contributed by atoms with Crippen LogP contribution in [0.25, 0.3) is 0 Å². The van der Waals surface area contributed by atoms with Crippen LogP contribution in [0, 0.1) is 11.3 Å². The summed E-state index contributed by atoms with van der Waals surface area (Å²) in [5, 5.41) is 11.2. The van der Waals surface area contributed by atoms with Crippen molar-refractivity contribution in [2.24, 2.45) is 11.3 Å². The number of carbonyl (C=O) groups is 1. The summed E-state index contributed by atoms with van der Waals surface area (Å²) < 4.78 is 0. The van der Waals surface area contributed by atoms with Gasteiger partial charge in [0.15, 0.2) is 0 Å². The quantitative estimate of drug-likeness (QED) is 0.483. The normalized spacial score (nSPS) is 15.9. The Hall–Kier alpha value is -0.610. The number of hydrogen-bond acceptors (Lipinski definition) is 4. The Morgan fingerprint density at radius 2 is 1.75 bits per heavy atom. The highest BCUT2D eigenvalue weighted by atomic mass is 17.2. The summed E-state index contributed by atoms with van der Waals surface area (Å²) in [6.45, 7) is 14.0. The van der Waals surface area contributed by atoms with Crippen LogP contribution >= 0.6 is 0 Å². The summed E-state index contributed by atoms with van der Waals surface area (Å²) in [4.78, 5) is 22.0. The molecule has 0 rings (SSSR count). The molecule has 0 saturated carbocycles. The molecule has 20 heavy (non-hydrogen) atoms. The minimum atomic E-state index is -1.07. The van der Waals surface area contributed by atoms with E-state index in [1.165, 1.54) is 0 Å². The van der Waals surface area contributed by atoms with Crippen molar-refractivity contribution in [3.05, 3.63) is 0 Å². The van der Waals surface area contributed by atoms with Crippen molar-refractivity contribution >= 4 is 5.97 Å². The highest BCUT2D eigenvalue weighted by Gasteiger charge is 2.29. The first kappa shape index (κ1) is 19.4. The van der Waals surface area contributed by atoms with Gasteiger partial charge in [0.2, 0.25) is 0 Å². The summed E-state index contributed by atoms with van der Waals surface area (Å²) in [6, 6.07) is 0. The van der Waals surface area contributed by atoms with Crippen molar-refractivity contribution in [2.45, 2.75) is 85.9 Å². The molecule has 2 unspecified atom stereocenters. The Bertz CT molecular complexity index is 291. The average molecular weight is 287 g/mol. The van der Waals surface area contributed by atoms with Crippen LogP contribution in [0.2, 0.25) is 0 Å². The first-order valence-electron chi connectivity index (χ1n) is 7.54. The third-order valence-electron chi connectivity index (χ3n) is 3.12. The van der Waals surface area contributed by atoms with E-state index >= 15 is 0 Å². The lowest BCUT2D eigenvalue weighted by Crippen LogP contribution is -2.40. The van der Waals surface area contributed by atoms with Crippen LogP contribution in [0.5, 0.6) is 0 Å². The molecule has 0 aliphatic heterocycles. The van der Waals surface area contributed by atoms with E-state index in [-0.39, 0.29) is 5.41 Å². The first-order chi connectivity index (χ1) is 8.98. The molecule has 0 N–H and O–H groups in total. The summed E-state index contributed by atoms with van der Waals surface area (Å²) in [7, 11) is 0. The molecule has 0 spiro atoms. The van der Waals surface area contributed by atoms with Crippen molar-refractivity contribution < 1.29 is 19.7 Å². The van der Waals surface area contributed by atoms with E-state index in [4.69, 9.17) is 9.78 Å². The molecule has 0 fully saturated rings. The zero-order chi connectivity index (χ0) is 16.0. The van der Waals surface area contributed by atoms with Gasteiger partial charge in [0.05, 0.1) is 11.7 Å². The van der Waals surface area contributed by atoms with Gasteiger partial charge in [-0.25, -0.2) is 9.78 Å². The second-order valence-corrected chi connectivity index (χ2v) is 7.45. The standard InChI is InChI=1S/C16H32O4/c1-8-9-10-13(14(17)18)12(2)19-20-16(6,7)11-15(3,4)5/h12-13H,8-11H2,1-7H3,(H,17,18)/p-1. The molecule has 4 nitrogen and oxygen atoms in total. The molecule has 0 aliphatic rings. The van der Waals surface area contributed by atoms with Gasteiger partial charge >= 0.3 is 0 Å². The molecular weight excluding hydrogens is 256 g/mol. The van der Waals surface area contributed by atoms with Gasteiger partial charge in [-0.05, 0) is 39.0 Å². The molecule has 0 aliphatic carbocycles.